The van der Waals surface area contributed by atoms with E-state index < -0.39 is 17.6 Å². The number of thiophene rings is 1. The van der Waals surface area contributed by atoms with Crippen LogP contribution in [0.25, 0.3) is 0 Å². The number of rotatable bonds is 6. The predicted octanol–water partition coefficient (Wildman–Crippen LogP) is 1.81. The third-order valence-electron chi connectivity index (χ3n) is 2.63. The van der Waals surface area contributed by atoms with Crippen LogP contribution in [0.1, 0.15) is 31.2 Å². The number of aliphatic carboxylic acids is 1. The van der Waals surface area contributed by atoms with Crippen molar-refractivity contribution >= 4 is 23.2 Å². The lowest BCUT2D eigenvalue weighted by Crippen LogP contribution is -2.45. The number of carbonyl (C=O) groups is 2. The second-order valence-corrected chi connectivity index (χ2v) is 5.33. The highest BCUT2D eigenvalue weighted by Crippen LogP contribution is 2.23. The lowest BCUT2D eigenvalue weighted by Gasteiger charge is -2.25. The molecule has 100 valence electrons. The summed E-state index contributed by atoms with van der Waals surface area (Å²) in [6, 6.07) is 3.10. The van der Waals surface area contributed by atoms with E-state index in [1.54, 1.807) is 19.9 Å². The fourth-order valence-electron chi connectivity index (χ4n) is 1.31. The Hall–Kier alpha value is -1.40. The first kappa shape index (κ1) is 14.7. The van der Waals surface area contributed by atoms with Crippen LogP contribution in [0.4, 0.5) is 0 Å². The minimum atomic E-state index is -0.978. The van der Waals surface area contributed by atoms with Crippen LogP contribution in [0.15, 0.2) is 17.5 Å². The van der Waals surface area contributed by atoms with Crippen LogP contribution < -0.4 is 5.32 Å². The van der Waals surface area contributed by atoms with Gasteiger partial charge in [0.2, 0.25) is 0 Å². The highest BCUT2D eigenvalue weighted by Gasteiger charge is 2.30. The van der Waals surface area contributed by atoms with E-state index in [2.05, 4.69) is 5.32 Å². The number of nitrogens with one attached hydrogen (secondary N) is 1. The second kappa shape index (κ2) is 5.97. The Balaban J connectivity index is 2.80. The molecule has 6 heteroatoms. The minimum absolute atomic E-state index is 0.147. The fraction of sp³-hybridized carbons (Fsp3) is 0.500. The predicted molar refractivity (Wildman–Crippen MR) is 68.5 cm³/mol. The zero-order chi connectivity index (χ0) is 13.8. The molecule has 0 spiro atoms. The standard InChI is InChI=1S/C12H17NO4S/c1-12(2,17-3)11(16)13-8(7-10(14)15)9-5-4-6-18-9/h4-6,8H,7H2,1-3H3,(H,13,16)(H,14,15). The van der Waals surface area contributed by atoms with Crippen molar-refractivity contribution in [2.24, 2.45) is 0 Å². The van der Waals surface area contributed by atoms with Gasteiger partial charge in [-0.25, -0.2) is 0 Å². The third-order valence-corrected chi connectivity index (χ3v) is 3.61. The number of ether oxygens (including phenoxy) is 1. The smallest absolute Gasteiger partial charge is 0.305 e. The Morgan fingerprint density at radius 3 is 2.67 bits per heavy atom. The second-order valence-electron chi connectivity index (χ2n) is 4.35. The van der Waals surface area contributed by atoms with Gasteiger partial charge in [-0.1, -0.05) is 6.07 Å². The molecule has 2 N–H and O–H groups in total. The van der Waals surface area contributed by atoms with Crippen molar-refractivity contribution in [3.8, 4) is 0 Å². The first-order valence-electron chi connectivity index (χ1n) is 5.48. The quantitative estimate of drug-likeness (QED) is 0.827. The SMILES string of the molecule is COC(C)(C)C(=O)NC(CC(=O)O)c1cccs1. The summed E-state index contributed by atoms with van der Waals surface area (Å²) in [4.78, 5) is 23.6. The van der Waals surface area contributed by atoms with Crippen LogP contribution >= 0.6 is 11.3 Å². The molecule has 1 heterocycles. The average Bonchev–Trinajstić information content (AvgIpc) is 2.80. The van der Waals surface area contributed by atoms with E-state index in [4.69, 9.17) is 9.84 Å². The van der Waals surface area contributed by atoms with Crippen molar-refractivity contribution in [2.75, 3.05) is 7.11 Å². The number of amides is 1. The summed E-state index contributed by atoms with van der Waals surface area (Å²) in [6.07, 6.45) is -0.147. The van der Waals surface area contributed by atoms with Gasteiger partial charge in [0.05, 0.1) is 12.5 Å². The molecule has 0 radical (unpaired) electrons. The number of methoxy groups -OCH3 is 1. The van der Waals surface area contributed by atoms with Gasteiger partial charge >= 0.3 is 5.97 Å². The number of hydrogen-bond acceptors (Lipinski definition) is 4. The number of carboxylic acids is 1. The van der Waals surface area contributed by atoms with E-state index in [9.17, 15) is 9.59 Å². The van der Waals surface area contributed by atoms with Crippen LogP contribution in [0.2, 0.25) is 0 Å². The monoisotopic (exact) mass is 271 g/mol. The molecular weight excluding hydrogens is 254 g/mol. The van der Waals surface area contributed by atoms with E-state index in [-0.39, 0.29) is 12.3 Å². The Kier molecular flexibility index (Phi) is 4.86. The Bertz CT molecular complexity index is 414. The number of carboxylic acid groups (broad SMARTS) is 1. The van der Waals surface area contributed by atoms with Crippen molar-refractivity contribution < 1.29 is 19.4 Å². The Morgan fingerprint density at radius 1 is 1.56 bits per heavy atom. The summed E-state index contributed by atoms with van der Waals surface area (Å²) < 4.78 is 5.07. The van der Waals surface area contributed by atoms with Crippen molar-refractivity contribution in [1.82, 2.24) is 5.32 Å². The minimum Gasteiger partial charge on any atom is -0.481 e. The van der Waals surface area contributed by atoms with Gasteiger partial charge in [-0.3, -0.25) is 9.59 Å². The largest absolute Gasteiger partial charge is 0.481 e. The van der Waals surface area contributed by atoms with E-state index in [0.29, 0.717) is 0 Å². The zero-order valence-corrected chi connectivity index (χ0v) is 11.4. The number of carbonyl (C=O) groups excluding carboxylic acids is 1. The maximum Gasteiger partial charge on any atom is 0.305 e. The maximum atomic E-state index is 12.0. The van der Waals surface area contributed by atoms with E-state index in [0.717, 1.165) is 4.88 Å². The molecule has 0 saturated heterocycles. The summed E-state index contributed by atoms with van der Waals surface area (Å²) in [5.41, 5.74) is -0.978. The third kappa shape index (κ3) is 3.82. The lowest BCUT2D eigenvalue weighted by atomic mass is 10.1. The maximum absolute atomic E-state index is 12.0. The van der Waals surface area contributed by atoms with Crippen molar-refractivity contribution in [3.63, 3.8) is 0 Å². The highest BCUT2D eigenvalue weighted by molar-refractivity contribution is 7.10. The summed E-state index contributed by atoms with van der Waals surface area (Å²) in [5, 5.41) is 13.4. The molecule has 0 fully saturated rings. The molecule has 0 aliphatic heterocycles. The van der Waals surface area contributed by atoms with Gasteiger partial charge in [0.1, 0.15) is 5.60 Å². The Labute approximate surface area is 110 Å². The summed E-state index contributed by atoms with van der Waals surface area (Å²) in [7, 11) is 1.44. The van der Waals surface area contributed by atoms with Gasteiger partial charge in [0, 0.05) is 12.0 Å². The average molecular weight is 271 g/mol. The fourth-order valence-corrected chi connectivity index (χ4v) is 2.09. The van der Waals surface area contributed by atoms with E-state index in [1.807, 2.05) is 11.4 Å². The van der Waals surface area contributed by atoms with Crippen molar-refractivity contribution in [1.29, 1.82) is 0 Å². The first-order chi connectivity index (χ1) is 8.36. The summed E-state index contributed by atoms with van der Waals surface area (Å²) in [5.74, 6) is -1.28. The van der Waals surface area contributed by atoms with Gasteiger partial charge in [-0.2, -0.15) is 0 Å². The normalized spacial score (nSPS) is 13.1. The van der Waals surface area contributed by atoms with Crippen LogP contribution in [0, 0.1) is 0 Å². The van der Waals surface area contributed by atoms with E-state index in [1.165, 1.54) is 18.4 Å². The molecule has 18 heavy (non-hydrogen) atoms. The molecule has 0 saturated carbocycles. The van der Waals surface area contributed by atoms with Gasteiger partial charge in [0.25, 0.3) is 5.91 Å². The summed E-state index contributed by atoms with van der Waals surface area (Å²) in [6.45, 7) is 3.27. The summed E-state index contributed by atoms with van der Waals surface area (Å²) >= 11 is 1.41. The molecule has 1 aromatic heterocycles. The topological polar surface area (TPSA) is 75.6 Å². The molecule has 1 rings (SSSR count). The van der Waals surface area contributed by atoms with Crippen LogP contribution in [-0.2, 0) is 14.3 Å². The van der Waals surface area contributed by atoms with Crippen molar-refractivity contribution in [2.45, 2.75) is 31.9 Å². The molecule has 0 bridgehead atoms. The van der Waals surface area contributed by atoms with Gasteiger partial charge in [-0.05, 0) is 25.3 Å². The Morgan fingerprint density at radius 2 is 2.22 bits per heavy atom. The first-order valence-corrected chi connectivity index (χ1v) is 6.36. The molecule has 0 aliphatic rings. The lowest BCUT2D eigenvalue weighted by molar-refractivity contribution is -0.141. The molecule has 1 atom stereocenters. The highest BCUT2D eigenvalue weighted by atomic mass is 32.1. The molecule has 1 aromatic rings. The molecule has 1 amide bonds. The van der Waals surface area contributed by atoms with Crippen molar-refractivity contribution in [3.05, 3.63) is 22.4 Å². The van der Waals surface area contributed by atoms with E-state index >= 15 is 0 Å². The van der Waals surface area contributed by atoms with Crippen LogP contribution in [-0.4, -0.2) is 29.7 Å². The van der Waals surface area contributed by atoms with Gasteiger partial charge < -0.3 is 15.2 Å². The molecule has 1 unspecified atom stereocenters. The molecule has 5 nitrogen and oxygen atoms in total. The van der Waals surface area contributed by atoms with Gasteiger partial charge in [-0.15, -0.1) is 11.3 Å². The zero-order valence-electron chi connectivity index (χ0n) is 10.6. The molecular formula is C12H17NO4S. The molecule has 0 aliphatic carbocycles. The van der Waals surface area contributed by atoms with Gasteiger partial charge in [0.15, 0.2) is 0 Å². The molecule has 0 aromatic carbocycles. The number of hydrogen-bond donors (Lipinski definition) is 2. The van der Waals surface area contributed by atoms with Crippen LogP contribution in [0.5, 0.6) is 0 Å². The van der Waals surface area contributed by atoms with Crippen LogP contribution in [0.3, 0.4) is 0 Å².